The van der Waals surface area contributed by atoms with Crippen molar-refractivity contribution in [2.24, 2.45) is 0 Å². The summed E-state index contributed by atoms with van der Waals surface area (Å²) in [6.45, 7) is 0. The third kappa shape index (κ3) is 1.74. The number of aromatic amines is 1. The van der Waals surface area contributed by atoms with Crippen LogP contribution in [0.2, 0.25) is 0 Å². The summed E-state index contributed by atoms with van der Waals surface area (Å²) in [6.07, 6.45) is 3.87. The van der Waals surface area contributed by atoms with Crippen molar-refractivity contribution in [1.29, 1.82) is 0 Å². The maximum absolute atomic E-state index is 11.8. The lowest BCUT2D eigenvalue weighted by Gasteiger charge is -1.95. The fourth-order valence-corrected chi connectivity index (χ4v) is 3.38. The van der Waals surface area contributed by atoms with Gasteiger partial charge >= 0.3 is 5.97 Å². The number of esters is 1. The van der Waals surface area contributed by atoms with Crippen LogP contribution < -0.4 is 0 Å². The van der Waals surface area contributed by atoms with E-state index in [0.29, 0.717) is 5.69 Å². The monoisotopic (exact) mass is 298 g/mol. The van der Waals surface area contributed by atoms with E-state index in [1.54, 1.807) is 0 Å². The molecule has 104 valence electrons. The van der Waals surface area contributed by atoms with E-state index in [1.165, 1.54) is 18.4 Å². The van der Waals surface area contributed by atoms with Gasteiger partial charge in [-0.1, -0.05) is 11.3 Å². The summed E-state index contributed by atoms with van der Waals surface area (Å²) < 4.78 is 7.65. The number of rotatable bonds is 2. The molecule has 1 aromatic carbocycles. The molecule has 0 fully saturated rings. The van der Waals surface area contributed by atoms with E-state index in [1.807, 2.05) is 41.2 Å². The Balaban J connectivity index is 2.04. The van der Waals surface area contributed by atoms with Gasteiger partial charge in [0.15, 0.2) is 10.8 Å². The van der Waals surface area contributed by atoms with E-state index in [2.05, 4.69) is 15.2 Å². The first-order valence-corrected chi connectivity index (χ1v) is 7.09. The molecule has 3 aromatic heterocycles. The molecule has 4 rings (SSSR count). The molecule has 0 aliphatic heterocycles. The molecule has 0 aliphatic rings. The van der Waals surface area contributed by atoms with Crippen LogP contribution in [0.3, 0.4) is 0 Å². The molecule has 0 saturated heterocycles. The van der Waals surface area contributed by atoms with Crippen LogP contribution in [0.25, 0.3) is 26.3 Å². The number of methoxy groups -OCH3 is 1. The molecule has 0 amide bonds. The van der Waals surface area contributed by atoms with Crippen LogP contribution in [0.4, 0.5) is 0 Å². The van der Waals surface area contributed by atoms with Crippen LogP contribution in [-0.2, 0) is 4.74 Å². The van der Waals surface area contributed by atoms with Gasteiger partial charge in [0.2, 0.25) is 0 Å². The minimum absolute atomic E-state index is 0.292. The third-order valence-corrected chi connectivity index (χ3v) is 4.38. The Bertz CT molecular complexity index is 952. The van der Waals surface area contributed by atoms with Gasteiger partial charge in [-0.15, -0.1) is 0 Å². The molecule has 7 heteroatoms. The van der Waals surface area contributed by atoms with E-state index in [4.69, 9.17) is 4.74 Å². The number of carbonyl (C=O) groups is 1. The summed E-state index contributed by atoms with van der Waals surface area (Å²) in [4.78, 5) is 16.4. The Hall–Kier alpha value is -2.67. The largest absolute Gasteiger partial charge is 0.464 e. The van der Waals surface area contributed by atoms with Crippen molar-refractivity contribution in [3.63, 3.8) is 0 Å². The van der Waals surface area contributed by atoms with Crippen molar-refractivity contribution in [3.8, 4) is 5.13 Å². The number of aromatic nitrogens is 4. The predicted octanol–water partition coefficient (Wildman–Crippen LogP) is 2.75. The fraction of sp³-hybridized carbons (Fsp3) is 0.0714. The van der Waals surface area contributed by atoms with Crippen molar-refractivity contribution in [2.45, 2.75) is 0 Å². The van der Waals surface area contributed by atoms with Crippen LogP contribution >= 0.6 is 11.3 Å². The quantitative estimate of drug-likeness (QED) is 0.577. The molecular weight excluding hydrogens is 288 g/mol. The normalized spacial score (nSPS) is 11.3. The second-order valence-electron chi connectivity index (χ2n) is 4.49. The van der Waals surface area contributed by atoms with Crippen molar-refractivity contribution in [2.75, 3.05) is 7.11 Å². The Morgan fingerprint density at radius 2 is 2.14 bits per heavy atom. The average molecular weight is 298 g/mol. The van der Waals surface area contributed by atoms with Gasteiger partial charge in [-0.2, -0.15) is 5.10 Å². The molecule has 0 spiro atoms. The number of fused-ring (bicyclic) bond motifs is 3. The number of ether oxygens (including phenoxy) is 1. The highest BCUT2D eigenvalue weighted by Crippen LogP contribution is 2.33. The molecule has 4 aromatic rings. The van der Waals surface area contributed by atoms with Crippen molar-refractivity contribution in [3.05, 3.63) is 42.4 Å². The second kappa shape index (κ2) is 4.42. The smallest absolute Gasteiger partial charge is 0.359 e. The highest BCUT2D eigenvalue weighted by molar-refractivity contribution is 7.21. The zero-order chi connectivity index (χ0) is 14.4. The average Bonchev–Trinajstić information content (AvgIpc) is 3.21. The highest BCUT2D eigenvalue weighted by atomic mass is 32.1. The molecule has 0 saturated carbocycles. The van der Waals surface area contributed by atoms with Crippen molar-refractivity contribution in [1.82, 2.24) is 19.7 Å². The van der Waals surface area contributed by atoms with Crippen molar-refractivity contribution >= 4 is 38.4 Å². The summed E-state index contributed by atoms with van der Waals surface area (Å²) in [6, 6.07) is 7.68. The van der Waals surface area contributed by atoms with Gasteiger partial charge in [-0.25, -0.2) is 9.78 Å². The van der Waals surface area contributed by atoms with Crippen LogP contribution in [-0.4, -0.2) is 32.8 Å². The van der Waals surface area contributed by atoms with E-state index in [9.17, 15) is 4.79 Å². The minimum atomic E-state index is -0.454. The third-order valence-electron chi connectivity index (χ3n) is 3.28. The Labute approximate surface area is 123 Å². The summed E-state index contributed by atoms with van der Waals surface area (Å²) >= 11 is 1.52. The summed E-state index contributed by atoms with van der Waals surface area (Å²) in [7, 11) is 1.35. The lowest BCUT2D eigenvalue weighted by Crippen LogP contribution is -2.01. The Kier molecular flexibility index (Phi) is 2.55. The first-order chi connectivity index (χ1) is 10.3. The predicted molar refractivity (Wildman–Crippen MR) is 79.9 cm³/mol. The second-order valence-corrected chi connectivity index (χ2v) is 5.46. The molecule has 0 radical (unpaired) electrons. The highest BCUT2D eigenvalue weighted by Gasteiger charge is 2.19. The molecule has 0 aliphatic carbocycles. The SMILES string of the molecule is COC(=O)c1n[nH]c2ccc3nc(-n4cccc4)sc3c12. The van der Waals surface area contributed by atoms with E-state index in [-0.39, 0.29) is 0 Å². The van der Waals surface area contributed by atoms with Gasteiger partial charge in [0.25, 0.3) is 0 Å². The summed E-state index contributed by atoms with van der Waals surface area (Å²) in [5.41, 5.74) is 1.93. The molecule has 1 N–H and O–H groups in total. The van der Waals surface area contributed by atoms with Crippen LogP contribution in [0.5, 0.6) is 0 Å². The number of hydrogen-bond acceptors (Lipinski definition) is 5. The van der Waals surface area contributed by atoms with Crippen LogP contribution in [0.1, 0.15) is 10.5 Å². The Morgan fingerprint density at radius 1 is 1.33 bits per heavy atom. The first kappa shape index (κ1) is 12.1. The molecule has 3 heterocycles. The first-order valence-electron chi connectivity index (χ1n) is 6.27. The number of thiazole rings is 1. The maximum Gasteiger partial charge on any atom is 0.359 e. The topological polar surface area (TPSA) is 72.8 Å². The van der Waals surface area contributed by atoms with Gasteiger partial charge < -0.3 is 9.30 Å². The van der Waals surface area contributed by atoms with Gasteiger partial charge in [0, 0.05) is 12.4 Å². The van der Waals surface area contributed by atoms with E-state index < -0.39 is 5.97 Å². The molecule has 0 unspecified atom stereocenters. The summed E-state index contributed by atoms with van der Waals surface area (Å²) in [5.74, 6) is -0.454. The van der Waals surface area contributed by atoms with Gasteiger partial charge in [-0.3, -0.25) is 5.10 Å². The maximum atomic E-state index is 11.8. The summed E-state index contributed by atoms with van der Waals surface area (Å²) in [5, 5.41) is 8.53. The van der Waals surface area contributed by atoms with Gasteiger partial charge in [0.05, 0.1) is 28.2 Å². The van der Waals surface area contributed by atoms with E-state index >= 15 is 0 Å². The van der Waals surface area contributed by atoms with Gasteiger partial charge in [-0.05, 0) is 24.3 Å². The van der Waals surface area contributed by atoms with Crippen molar-refractivity contribution < 1.29 is 9.53 Å². The Morgan fingerprint density at radius 3 is 2.90 bits per heavy atom. The van der Waals surface area contributed by atoms with Crippen LogP contribution in [0, 0.1) is 0 Å². The lowest BCUT2D eigenvalue weighted by molar-refractivity contribution is 0.0596. The molecule has 21 heavy (non-hydrogen) atoms. The molecular formula is C14H10N4O2S. The standard InChI is InChI=1S/C14H10N4O2S/c1-20-13(19)11-10-8(16-17-11)4-5-9-12(10)21-14(15-9)18-6-2-3-7-18/h2-7H,1H3,(H,16,17). The number of nitrogens with zero attached hydrogens (tertiary/aromatic N) is 3. The number of nitrogens with one attached hydrogen (secondary N) is 1. The fourth-order valence-electron chi connectivity index (χ4n) is 2.30. The lowest BCUT2D eigenvalue weighted by atomic mass is 10.2. The molecule has 0 bridgehead atoms. The number of hydrogen-bond donors (Lipinski definition) is 1. The zero-order valence-electron chi connectivity index (χ0n) is 11.0. The molecule has 6 nitrogen and oxygen atoms in total. The number of benzene rings is 1. The number of carbonyl (C=O) groups excluding carboxylic acids is 1. The zero-order valence-corrected chi connectivity index (χ0v) is 11.8. The minimum Gasteiger partial charge on any atom is -0.464 e. The molecule has 0 atom stereocenters. The number of H-pyrrole nitrogens is 1. The van der Waals surface area contributed by atoms with E-state index in [0.717, 1.165) is 26.3 Å². The van der Waals surface area contributed by atoms with Gasteiger partial charge in [0.1, 0.15) is 0 Å². The van der Waals surface area contributed by atoms with Crippen LogP contribution in [0.15, 0.2) is 36.7 Å².